The van der Waals surface area contributed by atoms with Gasteiger partial charge >= 0.3 is 23.0 Å². The molecule has 0 aliphatic heterocycles. The zero-order valence-corrected chi connectivity index (χ0v) is 20.2. The Labute approximate surface area is 207 Å². The van der Waals surface area contributed by atoms with Gasteiger partial charge in [-0.25, -0.2) is 18.2 Å². The van der Waals surface area contributed by atoms with Crippen molar-refractivity contribution in [3.8, 4) is 5.75 Å². The smallest absolute Gasteiger partial charge is 0.505 e. The van der Waals surface area contributed by atoms with E-state index < -0.39 is 26.6 Å². The second-order valence-corrected chi connectivity index (χ2v) is 8.97. The fraction of sp³-hybridized carbons (Fsp3) is 0.188. The number of halogens is 2. The summed E-state index contributed by atoms with van der Waals surface area (Å²) in [5.41, 5.74) is -0.556. The molecule has 2 aromatic heterocycles. The standard InChI is InChI=1S/C16H13Cl2N6O5S2.Cu/c1-3-29-15(26)12-11(20-21-16-19-4-5-30-16)14(24(2)22-12)23-31(27,28)10-7-8(17)6-9(18)13(10)25;/h4-7H,3H2,1-2H3,(H-,19,21,22,23,25);/q-1;+1. The molecule has 0 unspecified atom stereocenters. The van der Waals surface area contributed by atoms with Gasteiger partial charge in [-0.1, -0.05) is 23.2 Å². The number of phenolic OH excluding ortho intramolecular Hbond substituents is 1. The van der Waals surface area contributed by atoms with Gasteiger partial charge in [-0.15, -0.1) is 21.6 Å². The van der Waals surface area contributed by atoms with E-state index in [4.69, 9.17) is 27.9 Å². The zero-order chi connectivity index (χ0) is 22.8. The molecule has 0 radical (unpaired) electrons. The van der Waals surface area contributed by atoms with Crippen LogP contribution in [0.5, 0.6) is 5.75 Å². The molecule has 0 atom stereocenters. The Morgan fingerprint density at radius 3 is 2.69 bits per heavy atom. The third-order valence-corrected chi connectivity index (χ3v) is 6.04. The molecule has 0 aliphatic carbocycles. The third-order valence-electron chi connectivity index (χ3n) is 3.59. The number of sulfonamides is 1. The van der Waals surface area contributed by atoms with Crippen molar-refractivity contribution in [3.63, 3.8) is 0 Å². The van der Waals surface area contributed by atoms with Gasteiger partial charge in [0.05, 0.1) is 11.6 Å². The fourth-order valence-electron chi connectivity index (χ4n) is 2.30. The maximum absolute atomic E-state index is 12.9. The number of hydrogen-bond donors (Lipinski definition) is 1. The average molecular weight is 568 g/mol. The molecule has 16 heteroatoms. The first-order valence-electron chi connectivity index (χ1n) is 8.35. The van der Waals surface area contributed by atoms with Crippen LogP contribution < -0.4 is 0 Å². The van der Waals surface area contributed by atoms with Gasteiger partial charge in [0.1, 0.15) is 10.6 Å². The molecule has 1 aromatic carbocycles. The van der Waals surface area contributed by atoms with Crippen LogP contribution in [-0.4, -0.2) is 40.9 Å². The Morgan fingerprint density at radius 1 is 1.34 bits per heavy atom. The summed E-state index contributed by atoms with van der Waals surface area (Å²) in [4.78, 5) is 15.6. The Bertz CT molecular complexity index is 1260. The van der Waals surface area contributed by atoms with Gasteiger partial charge in [-0.2, -0.15) is 0 Å². The number of phenols is 1. The molecule has 3 rings (SSSR count). The molecule has 0 saturated carbocycles. The first-order valence-corrected chi connectivity index (χ1v) is 11.4. The summed E-state index contributed by atoms with van der Waals surface area (Å²) in [6.45, 7) is 1.65. The number of benzene rings is 1. The number of carbonyl (C=O) groups excluding carboxylic acids is 1. The maximum Gasteiger partial charge on any atom is 1.00 e. The van der Waals surface area contributed by atoms with Gasteiger partial charge in [0.15, 0.2) is 11.4 Å². The summed E-state index contributed by atoms with van der Waals surface area (Å²) in [5, 5.41) is 23.5. The Balaban J connectivity index is 0.00000363. The van der Waals surface area contributed by atoms with E-state index in [1.807, 2.05) is 0 Å². The molecular formula is C16H13Cl2CuN6O5S2. The predicted molar refractivity (Wildman–Crippen MR) is 114 cm³/mol. The normalized spacial score (nSPS) is 11.4. The second kappa shape index (κ2) is 10.6. The Kier molecular flexibility index (Phi) is 8.62. The number of aromatic hydroxyl groups is 1. The molecule has 2 heterocycles. The Morgan fingerprint density at radius 2 is 2.06 bits per heavy atom. The number of azo groups is 1. The van der Waals surface area contributed by atoms with Crippen LogP contribution in [0.2, 0.25) is 10.0 Å². The van der Waals surface area contributed by atoms with Gasteiger partial charge in [-0.05, 0) is 31.9 Å². The van der Waals surface area contributed by atoms with Gasteiger partial charge in [0, 0.05) is 16.6 Å². The number of hydrogen-bond acceptors (Lipinski definition) is 10. The van der Waals surface area contributed by atoms with Crippen LogP contribution in [0.3, 0.4) is 0 Å². The SMILES string of the molecule is CCOC(=O)c1nn(C)c([N-]S(=O)(=O)c2cc(Cl)cc(Cl)c2O)c1N=Nc1nccs1.[Cu+]. The minimum absolute atomic E-state index is 0. The number of ether oxygens (including phenoxy) is 1. The minimum Gasteiger partial charge on any atom is -0.505 e. The zero-order valence-electron chi connectivity index (χ0n) is 16.2. The number of nitrogens with zero attached hydrogens (tertiary/aromatic N) is 6. The number of aryl methyl sites for hydroxylation is 1. The molecule has 0 spiro atoms. The molecule has 0 fully saturated rings. The van der Waals surface area contributed by atoms with Gasteiger partial charge in [0.25, 0.3) is 0 Å². The van der Waals surface area contributed by atoms with Crippen LogP contribution in [0.1, 0.15) is 17.4 Å². The first-order chi connectivity index (χ1) is 14.6. The number of aromatic nitrogens is 3. The molecule has 0 saturated heterocycles. The fourth-order valence-corrected chi connectivity index (χ4v) is 4.52. The summed E-state index contributed by atoms with van der Waals surface area (Å²) in [6, 6.07) is 2.16. The van der Waals surface area contributed by atoms with Crippen LogP contribution in [0.4, 0.5) is 16.6 Å². The predicted octanol–water partition coefficient (Wildman–Crippen LogP) is 4.87. The van der Waals surface area contributed by atoms with Crippen molar-refractivity contribution in [1.29, 1.82) is 0 Å². The van der Waals surface area contributed by atoms with Crippen LogP contribution in [-0.2, 0) is 38.9 Å². The van der Waals surface area contributed by atoms with E-state index in [-0.39, 0.29) is 56.1 Å². The van der Waals surface area contributed by atoms with E-state index >= 15 is 0 Å². The number of carbonyl (C=O) groups is 1. The van der Waals surface area contributed by atoms with E-state index in [0.29, 0.717) is 0 Å². The summed E-state index contributed by atoms with van der Waals surface area (Å²) < 4.78 is 35.4. The molecule has 0 bridgehead atoms. The molecular weight excluding hydrogens is 555 g/mol. The molecule has 0 amide bonds. The molecule has 11 nitrogen and oxygen atoms in total. The van der Waals surface area contributed by atoms with Crippen molar-refractivity contribution < 1.29 is 40.1 Å². The summed E-state index contributed by atoms with van der Waals surface area (Å²) in [7, 11) is -3.20. The van der Waals surface area contributed by atoms with Crippen molar-refractivity contribution in [1.82, 2.24) is 14.8 Å². The summed E-state index contributed by atoms with van der Waals surface area (Å²) in [5.74, 6) is -1.91. The van der Waals surface area contributed by atoms with Crippen LogP contribution in [0.25, 0.3) is 4.72 Å². The molecule has 0 aliphatic rings. The van der Waals surface area contributed by atoms with Crippen molar-refractivity contribution in [2.45, 2.75) is 11.8 Å². The topological polar surface area (TPSA) is 150 Å². The van der Waals surface area contributed by atoms with Crippen LogP contribution in [0.15, 0.2) is 38.8 Å². The number of esters is 1. The quantitative estimate of drug-likeness (QED) is 0.243. The average Bonchev–Trinajstić information content (AvgIpc) is 3.31. The largest absolute Gasteiger partial charge is 1.00 e. The van der Waals surface area contributed by atoms with E-state index in [1.54, 1.807) is 12.3 Å². The van der Waals surface area contributed by atoms with Crippen molar-refractivity contribution in [2.75, 3.05) is 6.61 Å². The third kappa shape index (κ3) is 5.57. The van der Waals surface area contributed by atoms with Crippen molar-refractivity contribution in [3.05, 3.63) is 44.2 Å². The van der Waals surface area contributed by atoms with Gasteiger partial charge in [0.2, 0.25) is 15.2 Å². The van der Waals surface area contributed by atoms with Gasteiger partial charge in [-0.3, -0.25) is 5.10 Å². The monoisotopic (exact) mass is 566 g/mol. The van der Waals surface area contributed by atoms with Gasteiger partial charge < -0.3 is 19.2 Å². The molecule has 1 N–H and O–H groups in total. The van der Waals surface area contributed by atoms with Crippen molar-refractivity contribution in [2.24, 2.45) is 17.3 Å². The minimum atomic E-state index is -4.55. The Hall–Kier alpha value is -2.22. The first kappa shape index (κ1) is 26.0. The van der Waals surface area contributed by atoms with E-state index in [2.05, 4.69) is 25.0 Å². The maximum atomic E-state index is 12.9. The second-order valence-electron chi connectivity index (χ2n) is 5.68. The van der Waals surface area contributed by atoms with Crippen molar-refractivity contribution >= 4 is 67.2 Å². The molecule has 174 valence electrons. The summed E-state index contributed by atoms with van der Waals surface area (Å²) >= 11 is 12.8. The number of rotatable bonds is 7. The number of thiazole rings is 1. The molecule has 32 heavy (non-hydrogen) atoms. The summed E-state index contributed by atoms with van der Waals surface area (Å²) in [6.07, 6.45) is 1.50. The van der Waals surface area contributed by atoms with Crippen LogP contribution >= 0.6 is 34.5 Å². The van der Waals surface area contributed by atoms with E-state index in [9.17, 15) is 18.3 Å². The van der Waals surface area contributed by atoms with E-state index in [1.165, 1.54) is 30.6 Å². The van der Waals surface area contributed by atoms with Crippen LogP contribution in [0, 0.1) is 0 Å². The van der Waals surface area contributed by atoms with E-state index in [0.717, 1.165) is 10.7 Å². The molecule has 3 aromatic rings.